The number of esters is 2. The predicted molar refractivity (Wildman–Crippen MR) is 199 cm³/mol. The molecule has 5 aliphatic rings. The number of ether oxygens (including phenoxy) is 4. The lowest BCUT2D eigenvalue weighted by molar-refractivity contribution is -0.217. The number of para-hydroxylation sites is 1. The molecule has 4 fully saturated rings. The van der Waals surface area contributed by atoms with Crippen LogP contribution < -0.4 is 5.32 Å². The monoisotopic (exact) mass is 752 g/mol. The van der Waals surface area contributed by atoms with Gasteiger partial charge in [0, 0.05) is 25.7 Å². The normalized spacial score (nSPS) is 28.1. The first-order valence-electron chi connectivity index (χ1n) is 19.1. The number of hydrogen-bond acceptors (Lipinski definition) is 11. The zero-order valence-electron chi connectivity index (χ0n) is 31.3. The summed E-state index contributed by atoms with van der Waals surface area (Å²) in [6.45, 7) is 5.05. The Labute approximate surface area is 320 Å². The van der Waals surface area contributed by atoms with E-state index >= 15 is 0 Å². The number of hydrogen-bond donors (Lipinski definition) is 3. The van der Waals surface area contributed by atoms with E-state index in [2.05, 4.69) is 17.4 Å². The summed E-state index contributed by atoms with van der Waals surface area (Å²) in [6, 6.07) is 21.0. The second-order valence-corrected chi connectivity index (χ2v) is 16.3. The summed E-state index contributed by atoms with van der Waals surface area (Å²) in [5.74, 6) is -2.31. The molecular formula is C43H48N2O10. The van der Waals surface area contributed by atoms with Crippen molar-refractivity contribution in [3.05, 3.63) is 107 Å². The van der Waals surface area contributed by atoms with E-state index in [1.165, 1.54) is 0 Å². The van der Waals surface area contributed by atoms with Gasteiger partial charge in [-0.15, -0.1) is 0 Å². The Bertz CT molecular complexity index is 1970. The first-order valence-corrected chi connectivity index (χ1v) is 19.1. The number of carbonyl (C=O) groups is 3. The van der Waals surface area contributed by atoms with E-state index in [1.54, 1.807) is 38.0 Å². The molecule has 2 bridgehead atoms. The lowest BCUT2D eigenvalue weighted by atomic mass is 9.62. The van der Waals surface area contributed by atoms with Gasteiger partial charge in [0.25, 0.3) is 0 Å². The summed E-state index contributed by atoms with van der Waals surface area (Å²) in [7, 11) is 0. The van der Waals surface area contributed by atoms with Crippen LogP contribution in [0.5, 0.6) is 5.75 Å². The zero-order valence-corrected chi connectivity index (χ0v) is 31.3. The van der Waals surface area contributed by atoms with Crippen LogP contribution in [-0.2, 0) is 64.0 Å². The maximum absolute atomic E-state index is 14.8. The van der Waals surface area contributed by atoms with E-state index in [1.807, 2.05) is 60.7 Å². The van der Waals surface area contributed by atoms with Gasteiger partial charge in [0.05, 0.1) is 19.2 Å². The van der Waals surface area contributed by atoms with Crippen LogP contribution in [0.1, 0.15) is 67.9 Å². The van der Waals surface area contributed by atoms with Crippen LogP contribution in [0.25, 0.3) is 6.08 Å². The number of fused-ring (bicyclic) bond motifs is 5. The van der Waals surface area contributed by atoms with E-state index in [4.69, 9.17) is 23.8 Å². The summed E-state index contributed by atoms with van der Waals surface area (Å²) in [4.78, 5) is 48.4. The highest BCUT2D eigenvalue weighted by molar-refractivity contribution is 5.94. The highest BCUT2D eigenvalue weighted by atomic mass is 16.8. The maximum atomic E-state index is 14.8. The van der Waals surface area contributed by atoms with Crippen LogP contribution >= 0.6 is 0 Å². The summed E-state index contributed by atoms with van der Waals surface area (Å²) in [6.07, 6.45) is 2.57. The van der Waals surface area contributed by atoms with Gasteiger partial charge in [-0.05, 0) is 67.5 Å². The number of aliphatic hydroxyl groups is 1. The fourth-order valence-corrected chi connectivity index (χ4v) is 8.98. The number of phenols is 1. The van der Waals surface area contributed by atoms with Gasteiger partial charge in [-0.25, -0.2) is 0 Å². The molecule has 1 spiro atoms. The number of amides is 1. The molecule has 3 aliphatic heterocycles. The molecule has 3 N–H and O–H groups in total. The van der Waals surface area contributed by atoms with Crippen LogP contribution in [0.15, 0.2) is 78.9 Å². The molecule has 2 aliphatic carbocycles. The van der Waals surface area contributed by atoms with Crippen LogP contribution in [0, 0.1) is 5.41 Å². The Morgan fingerprint density at radius 1 is 0.982 bits per heavy atom. The van der Waals surface area contributed by atoms with Crippen LogP contribution in [-0.4, -0.2) is 87.6 Å². The smallest absolute Gasteiger partial charge is 0.327 e. The Morgan fingerprint density at radius 2 is 1.65 bits per heavy atom. The molecule has 3 heterocycles. The van der Waals surface area contributed by atoms with Gasteiger partial charge in [0.2, 0.25) is 5.91 Å². The summed E-state index contributed by atoms with van der Waals surface area (Å²) in [5.41, 5.74) is 2.60. The molecule has 12 nitrogen and oxygen atoms in total. The van der Waals surface area contributed by atoms with Crippen molar-refractivity contribution in [1.29, 1.82) is 0 Å². The van der Waals surface area contributed by atoms with Gasteiger partial charge in [0.15, 0.2) is 11.8 Å². The van der Waals surface area contributed by atoms with Crippen molar-refractivity contribution in [1.82, 2.24) is 10.4 Å². The number of aliphatic hydroxyl groups excluding tert-OH is 1. The maximum Gasteiger partial charge on any atom is 0.327 e. The Morgan fingerprint density at radius 3 is 2.36 bits per heavy atom. The number of nitrogens with zero attached hydrogens (tertiary/aromatic N) is 1. The molecule has 3 aromatic rings. The molecule has 3 aromatic carbocycles. The number of rotatable bonds is 11. The summed E-state index contributed by atoms with van der Waals surface area (Å²) >= 11 is 0. The van der Waals surface area contributed by atoms with Gasteiger partial charge >= 0.3 is 11.9 Å². The minimum absolute atomic E-state index is 0.0190. The third-order valence-corrected chi connectivity index (χ3v) is 11.4. The van der Waals surface area contributed by atoms with Crippen molar-refractivity contribution >= 4 is 23.9 Å². The minimum Gasteiger partial charge on any atom is -0.508 e. The first kappa shape index (κ1) is 37.3. The quantitative estimate of drug-likeness (QED) is 0.240. The zero-order chi connectivity index (χ0) is 38.5. The van der Waals surface area contributed by atoms with Crippen LogP contribution in [0.2, 0.25) is 0 Å². The third-order valence-electron chi connectivity index (χ3n) is 11.4. The van der Waals surface area contributed by atoms with E-state index in [-0.39, 0.29) is 31.6 Å². The van der Waals surface area contributed by atoms with Crippen molar-refractivity contribution < 1.29 is 48.4 Å². The molecular weight excluding hydrogens is 704 g/mol. The highest BCUT2D eigenvalue weighted by Gasteiger charge is 2.76. The summed E-state index contributed by atoms with van der Waals surface area (Å²) in [5, 5.41) is 25.2. The van der Waals surface area contributed by atoms with Crippen molar-refractivity contribution in [2.45, 2.75) is 114 Å². The lowest BCUT2D eigenvalue weighted by Gasteiger charge is -2.49. The van der Waals surface area contributed by atoms with Crippen molar-refractivity contribution in [3.8, 4) is 5.75 Å². The molecule has 12 heteroatoms. The van der Waals surface area contributed by atoms with E-state index in [9.17, 15) is 24.6 Å². The summed E-state index contributed by atoms with van der Waals surface area (Å²) < 4.78 is 25.2. The van der Waals surface area contributed by atoms with Gasteiger partial charge in [-0.1, -0.05) is 78.9 Å². The number of carbonyl (C=O) groups excluding carboxylic acids is 3. The number of nitrogens with one attached hydrogen (secondary N) is 1. The molecule has 3 saturated heterocycles. The molecule has 7 atom stereocenters. The van der Waals surface area contributed by atoms with Gasteiger partial charge < -0.3 is 34.5 Å². The molecule has 0 unspecified atom stereocenters. The average Bonchev–Trinajstić information content (AvgIpc) is 3.82. The first-order chi connectivity index (χ1) is 26.4. The second kappa shape index (κ2) is 14.5. The van der Waals surface area contributed by atoms with Gasteiger partial charge in [0.1, 0.15) is 41.2 Å². The Balaban J connectivity index is 1.09. The van der Waals surface area contributed by atoms with Crippen molar-refractivity contribution in [3.63, 3.8) is 0 Å². The predicted octanol–water partition coefficient (Wildman–Crippen LogP) is 4.33. The van der Waals surface area contributed by atoms with Crippen molar-refractivity contribution in [2.24, 2.45) is 5.41 Å². The molecule has 0 radical (unpaired) electrons. The average molecular weight is 753 g/mol. The Hall–Kier alpha value is -4.59. The molecule has 1 amide bonds. The number of aromatic hydroxyl groups is 1. The third kappa shape index (κ3) is 7.06. The molecule has 290 valence electrons. The minimum atomic E-state index is -1.46. The second-order valence-electron chi connectivity index (χ2n) is 16.3. The van der Waals surface area contributed by atoms with Crippen LogP contribution in [0.4, 0.5) is 0 Å². The topological polar surface area (TPSA) is 153 Å². The molecule has 1 saturated carbocycles. The van der Waals surface area contributed by atoms with E-state index < -0.39 is 77.8 Å². The molecule has 0 aromatic heterocycles. The number of phenolic OH excluding ortho intramolecular Hbond substituents is 1. The van der Waals surface area contributed by atoms with E-state index in [0.717, 1.165) is 27.8 Å². The number of benzene rings is 3. The Kier molecular flexibility index (Phi) is 9.83. The van der Waals surface area contributed by atoms with Gasteiger partial charge in [-0.2, -0.15) is 5.06 Å². The van der Waals surface area contributed by atoms with Crippen molar-refractivity contribution in [2.75, 3.05) is 6.61 Å². The number of hydroxylamine groups is 2. The fraction of sp³-hybridized carbons (Fsp3) is 0.465. The SMILES string of the molecule is CC(C)(C)OC(=O)CC[C@@H](CO)NC(=O)[C@@]12C[C@H]3OC(=O)[C@@H]1N(Cc1ccccc1C=CCc1ccccc1O)O[C@@H]2[C@H]1OC2(Cc4ccccc4C2)O[C@H]13. The highest BCUT2D eigenvalue weighted by Crippen LogP contribution is 2.58. The van der Waals surface area contributed by atoms with Gasteiger partial charge in [-0.3, -0.25) is 19.2 Å². The molecule has 55 heavy (non-hydrogen) atoms. The number of allylic oxidation sites excluding steroid dienone is 1. The van der Waals surface area contributed by atoms with Crippen LogP contribution in [0.3, 0.4) is 0 Å². The standard InChI is InChI=1S/C43H48N2O10/c1-41(2,3)52-34(48)20-19-31(25-46)44-40(50)43-23-33-35-36(54-42(53-35)21-28-13-5-6-14-29(28)22-42)38(43)55-45(37(43)39(49)51-33)24-30-15-7-4-11-26(30)16-10-17-27-12-8-9-18-32(27)47/h4-16,18,31,33,35-38,46-47H,17,19-25H2,1-3H3,(H,44,50)/t31-,33+,35-,36-,37-,38+,43-/m0/s1. The lowest BCUT2D eigenvalue weighted by Crippen LogP contribution is -2.70. The van der Waals surface area contributed by atoms with E-state index in [0.29, 0.717) is 19.3 Å². The molecule has 8 rings (SSSR count). The largest absolute Gasteiger partial charge is 0.508 e. The fourth-order valence-electron chi connectivity index (χ4n) is 8.98.